The number of carbonyl (C=O) groups excluding carboxylic acids is 1. The van der Waals surface area contributed by atoms with Crippen molar-refractivity contribution < 1.29 is 32.2 Å². The predicted octanol–water partition coefficient (Wildman–Crippen LogP) is 4.76. The molecule has 0 aliphatic carbocycles. The Morgan fingerprint density at radius 1 is 1.17 bits per heavy atom. The molecule has 3 N–H and O–H groups in total. The minimum Gasteiger partial charge on any atom is -0.506 e. The van der Waals surface area contributed by atoms with Crippen LogP contribution >= 0.6 is 11.6 Å². The highest BCUT2D eigenvalue weighted by molar-refractivity contribution is 6.33. The Bertz CT molecular complexity index is 1210. The van der Waals surface area contributed by atoms with Gasteiger partial charge < -0.3 is 14.7 Å². The van der Waals surface area contributed by atoms with Crippen LogP contribution in [0.25, 0.3) is 11.1 Å². The fourth-order valence-corrected chi connectivity index (χ4v) is 3.61. The lowest BCUT2D eigenvalue weighted by Gasteiger charge is -2.28. The van der Waals surface area contributed by atoms with E-state index in [1.54, 1.807) is 11.0 Å². The number of phenols is 1. The number of hydrogen-bond acceptors (Lipinski definition) is 7. The third kappa shape index (κ3) is 6.32. The summed E-state index contributed by atoms with van der Waals surface area (Å²) in [6.07, 6.45) is -1.70. The van der Waals surface area contributed by atoms with Crippen molar-refractivity contribution >= 4 is 29.3 Å². The van der Waals surface area contributed by atoms with Gasteiger partial charge in [0.1, 0.15) is 5.75 Å². The first-order valence-electron chi connectivity index (χ1n) is 10.5. The minimum absolute atomic E-state index is 0.0573. The zero-order chi connectivity index (χ0) is 26.2. The van der Waals surface area contributed by atoms with E-state index in [0.29, 0.717) is 44.6 Å². The van der Waals surface area contributed by atoms with Gasteiger partial charge in [0.2, 0.25) is 5.95 Å². The lowest BCUT2D eigenvalue weighted by atomic mass is 10.00. The molecule has 0 radical (unpaired) electrons. The Labute approximate surface area is 208 Å². The number of benzene rings is 2. The van der Waals surface area contributed by atoms with E-state index in [0.717, 1.165) is 6.20 Å². The van der Waals surface area contributed by atoms with E-state index in [-0.39, 0.29) is 27.9 Å². The quantitative estimate of drug-likeness (QED) is 0.314. The fourth-order valence-electron chi connectivity index (χ4n) is 3.39. The maximum absolute atomic E-state index is 14.2. The number of morpholine rings is 1. The Kier molecular flexibility index (Phi) is 9.25. The Balaban J connectivity index is 0.00000176. The Morgan fingerprint density at radius 3 is 2.58 bits per heavy atom. The lowest BCUT2D eigenvalue weighted by Crippen LogP contribution is -2.38. The molecule has 0 atom stereocenters. The first-order valence-corrected chi connectivity index (χ1v) is 10.9. The molecule has 0 bridgehead atoms. The molecule has 1 amide bonds. The van der Waals surface area contributed by atoms with Crippen molar-refractivity contribution in [1.29, 1.82) is 0 Å². The number of aromatic hydroxyl groups is 1. The van der Waals surface area contributed by atoms with Gasteiger partial charge in [0.05, 0.1) is 37.2 Å². The zero-order valence-corrected chi connectivity index (χ0v) is 19.7. The van der Waals surface area contributed by atoms with E-state index < -0.39 is 23.9 Å². The summed E-state index contributed by atoms with van der Waals surface area (Å²) in [7, 11) is 0.500. The van der Waals surface area contributed by atoms with Gasteiger partial charge >= 0.3 is 0 Å². The van der Waals surface area contributed by atoms with Crippen molar-refractivity contribution in [3.8, 4) is 16.9 Å². The summed E-state index contributed by atoms with van der Waals surface area (Å²) in [5.74, 6) is -1.94. The van der Waals surface area contributed by atoms with E-state index >= 15 is 0 Å². The van der Waals surface area contributed by atoms with Crippen molar-refractivity contribution in [2.75, 3.05) is 43.8 Å². The van der Waals surface area contributed by atoms with Crippen LogP contribution in [-0.4, -0.2) is 54.5 Å². The molecule has 1 aliphatic heterocycles. The van der Waals surface area contributed by atoms with Gasteiger partial charge in [-0.1, -0.05) is 29.8 Å². The van der Waals surface area contributed by atoms with Crippen LogP contribution in [0, 0.1) is 5.82 Å². The Morgan fingerprint density at radius 2 is 1.89 bits per heavy atom. The first-order chi connectivity index (χ1) is 17.3. The number of carbonyl (C=O) groups is 1. The highest BCUT2D eigenvalue weighted by Gasteiger charge is 2.20. The second-order valence-corrected chi connectivity index (χ2v) is 7.73. The summed E-state index contributed by atoms with van der Waals surface area (Å²) in [6.45, 7) is 1.76. The zero-order valence-electron chi connectivity index (χ0n) is 18.9. The van der Waals surface area contributed by atoms with Crippen molar-refractivity contribution in [2.45, 2.75) is 6.43 Å². The average molecular weight is 528 g/mol. The molecule has 1 fully saturated rings. The molecule has 4 rings (SSSR count). The maximum Gasteiger partial charge on any atom is 0.273 e. The highest BCUT2D eigenvalue weighted by Crippen LogP contribution is 2.34. The molecule has 8 nitrogen and oxygen atoms in total. The number of alkyl halides is 3. The van der Waals surface area contributed by atoms with Gasteiger partial charge in [-0.05, 0) is 29.3 Å². The number of nitrogens with zero attached hydrogens (tertiary/aromatic N) is 3. The molecule has 0 unspecified atom stereocenters. The normalized spacial score (nSPS) is 13.1. The van der Waals surface area contributed by atoms with Gasteiger partial charge in [-0.15, -0.1) is 0 Å². The van der Waals surface area contributed by atoms with Crippen LogP contribution in [0.3, 0.4) is 0 Å². The van der Waals surface area contributed by atoms with Crippen molar-refractivity contribution in [2.24, 2.45) is 0 Å². The van der Waals surface area contributed by atoms with Crippen LogP contribution < -0.4 is 15.8 Å². The fraction of sp³-hybridized carbons (Fsp3) is 0.261. The summed E-state index contributed by atoms with van der Waals surface area (Å²) >= 11 is 6.08. The van der Waals surface area contributed by atoms with Crippen LogP contribution in [0.4, 0.5) is 29.3 Å². The molecule has 1 saturated heterocycles. The largest absolute Gasteiger partial charge is 0.506 e. The van der Waals surface area contributed by atoms with Gasteiger partial charge in [0.15, 0.2) is 11.6 Å². The van der Waals surface area contributed by atoms with Crippen LogP contribution in [-0.2, 0) is 4.74 Å². The van der Waals surface area contributed by atoms with E-state index in [9.17, 15) is 27.5 Å². The highest BCUT2D eigenvalue weighted by atomic mass is 35.5. The predicted molar refractivity (Wildman–Crippen MR) is 127 cm³/mol. The van der Waals surface area contributed by atoms with Gasteiger partial charge in [-0.3, -0.25) is 20.0 Å². The van der Waals surface area contributed by atoms with E-state index in [4.69, 9.17) is 16.3 Å². The first kappa shape index (κ1) is 27.0. The molecule has 1 aliphatic rings. The SMILES string of the molecule is CF.O=C(NNc1ncc(F)c(N2CCOCC2)n1)c1cc(-c2cccc(C(F)F)c2)cc(Cl)c1O. The third-order valence-corrected chi connectivity index (χ3v) is 5.39. The van der Waals surface area contributed by atoms with Crippen molar-refractivity contribution in [3.05, 3.63) is 64.6 Å². The summed E-state index contributed by atoms with van der Waals surface area (Å²) < 4.78 is 55.1. The second-order valence-electron chi connectivity index (χ2n) is 7.32. The minimum atomic E-state index is -2.67. The number of amides is 1. The van der Waals surface area contributed by atoms with Crippen LogP contribution in [0.2, 0.25) is 5.02 Å². The van der Waals surface area contributed by atoms with Gasteiger partial charge in [-0.2, -0.15) is 4.98 Å². The third-order valence-electron chi connectivity index (χ3n) is 5.10. The Hall–Kier alpha value is -3.64. The van der Waals surface area contributed by atoms with Crippen LogP contribution in [0.15, 0.2) is 42.6 Å². The van der Waals surface area contributed by atoms with Crippen molar-refractivity contribution in [3.63, 3.8) is 0 Å². The number of ether oxygens (including phenoxy) is 1. The number of hydrogen-bond donors (Lipinski definition) is 3. The summed E-state index contributed by atoms with van der Waals surface area (Å²) in [4.78, 5) is 22.3. The monoisotopic (exact) mass is 527 g/mol. The number of halogens is 5. The van der Waals surface area contributed by atoms with E-state index in [1.807, 2.05) is 0 Å². The molecule has 1 aromatic heterocycles. The van der Waals surface area contributed by atoms with E-state index in [1.165, 1.54) is 30.3 Å². The maximum atomic E-state index is 14.2. The number of phenolic OH excluding ortho intramolecular Hbond substituents is 1. The number of aromatic nitrogens is 2. The van der Waals surface area contributed by atoms with Crippen molar-refractivity contribution in [1.82, 2.24) is 15.4 Å². The smallest absolute Gasteiger partial charge is 0.273 e. The molecular weight excluding hydrogens is 506 g/mol. The molecule has 13 heteroatoms. The standard InChI is InChI=1S/C22H19ClF3N5O3.CH3F/c23-16-10-14(12-2-1-3-13(8-12)19(25)26)9-15(18(16)32)21(33)29-30-22-27-11-17(24)20(28-22)31-4-6-34-7-5-31;1-2/h1-3,8-11,19,32H,4-7H2,(H,29,33)(H,27,28,30);1H3. The van der Waals surface area contributed by atoms with Gasteiger partial charge in [0, 0.05) is 18.7 Å². The molecule has 192 valence electrons. The van der Waals surface area contributed by atoms with E-state index in [2.05, 4.69) is 20.8 Å². The van der Waals surface area contributed by atoms with Gasteiger partial charge in [0.25, 0.3) is 12.3 Å². The molecule has 2 aromatic carbocycles. The number of rotatable bonds is 6. The average Bonchev–Trinajstić information content (AvgIpc) is 2.91. The van der Waals surface area contributed by atoms with Crippen LogP contribution in [0.5, 0.6) is 5.75 Å². The topological polar surface area (TPSA) is 99.6 Å². The summed E-state index contributed by atoms with van der Waals surface area (Å²) in [6, 6.07) is 8.26. The van der Waals surface area contributed by atoms with Crippen LogP contribution in [0.1, 0.15) is 22.3 Å². The molecule has 0 saturated carbocycles. The second kappa shape index (κ2) is 12.4. The number of anilines is 2. The summed E-state index contributed by atoms with van der Waals surface area (Å²) in [5.41, 5.74) is 5.13. The van der Waals surface area contributed by atoms with Gasteiger partial charge in [-0.25, -0.2) is 18.2 Å². The molecule has 36 heavy (non-hydrogen) atoms. The molecular formula is C23H22ClF4N5O3. The lowest BCUT2D eigenvalue weighted by molar-refractivity contribution is 0.0959. The summed E-state index contributed by atoms with van der Waals surface area (Å²) in [5, 5.41) is 10.1. The number of nitrogens with one attached hydrogen (secondary N) is 2. The number of hydrazine groups is 1. The molecule has 0 spiro atoms. The molecule has 3 aromatic rings. The molecule has 2 heterocycles.